The highest BCUT2D eigenvalue weighted by Gasteiger charge is 2.15. The molecule has 9 heteroatoms. The van der Waals surface area contributed by atoms with Crippen LogP contribution in [0.1, 0.15) is 28.9 Å². The van der Waals surface area contributed by atoms with Gasteiger partial charge in [0.05, 0.1) is 21.3 Å². The molecule has 0 aliphatic heterocycles. The molecule has 0 radical (unpaired) electrons. The topological polar surface area (TPSA) is 99.9 Å². The molecule has 3 rings (SSSR count). The van der Waals surface area contributed by atoms with Gasteiger partial charge in [0.25, 0.3) is 5.78 Å². The van der Waals surface area contributed by atoms with Crippen LogP contribution in [0, 0.1) is 13.8 Å². The predicted molar refractivity (Wildman–Crippen MR) is 107 cm³/mol. The molecule has 0 aliphatic carbocycles. The van der Waals surface area contributed by atoms with E-state index in [1.807, 2.05) is 13.8 Å². The molecular weight excluding hydrogens is 374 g/mol. The van der Waals surface area contributed by atoms with Crippen molar-refractivity contribution in [2.45, 2.75) is 33.2 Å². The Morgan fingerprint density at radius 3 is 2.45 bits per heavy atom. The van der Waals surface area contributed by atoms with E-state index < -0.39 is 0 Å². The molecule has 9 nitrogen and oxygen atoms in total. The van der Waals surface area contributed by atoms with Gasteiger partial charge in [0, 0.05) is 36.0 Å². The summed E-state index contributed by atoms with van der Waals surface area (Å²) in [6.45, 7) is 4.20. The van der Waals surface area contributed by atoms with Crippen LogP contribution in [0.5, 0.6) is 17.2 Å². The van der Waals surface area contributed by atoms with Gasteiger partial charge in [-0.05, 0) is 31.9 Å². The lowest BCUT2D eigenvalue weighted by molar-refractivity contribution is -0.121. The van der Waals surface area contributed by atoms with Gasteiger partial charge in [-0.25, -0.2) is 9.50 Å². The molecular formula is C20H25N5O4. The highest BCUT2D eigenvalue weighted by Crippen LogP contribution is 2.34. The van der Waals surface area contributed by atoms with Crippen LogP contribution in [0.4, 0.5) is 0 Å². The van der Waals surface area contributed by atoms with Gasteiger partial charge in [0.15, 0.2) is 11.5 Å². The molecule has 154 valence electrons. The number of carbonyl (C=O) groups excluding carboxylic acids is 1. The van der Waals surface area contributed by atoms with Crippen molar-refractivity contribution in [1.29, 1.82) is 0 Å². The summed E-state index contributed by atoms with van der Waals surface area (Å²) in [6, 6.07) is 3.54. The van der Waals surface area contributed by atoms with Gasteiger partial charge in [-0.15, -0.1) is 0 Å². The fraction of sp³-hybridized carbons (Fsp3) is 0.400. The van der Waals surface area contributed by atoms with Crippen LogP contribution >= 0.6 is 0 Å². The molecule has 29 heavy (non-hydrogen) atoms. The van der Waals surface area contributed by atoms with Crippen LogP contribution < -0.4 is 19.5 Å². The first-order valence-corrected chi connectivity index (χ1v) is 9.19. The van der Waals surface area contributed by atoms with Crippen LogP contribution in [0.25, 0.3) is 5.78 Å². The minimum Gasteiger partial charge on any atom is -0.496 e. The number of hydrogen-bond donors (Lipinski definition) is 1. The first-order valence-electron chi connectivity index (χ1n) is 9.19. The van der Waals surface area contributed by atoms with Crippen molar-refractivity contribution in [3.8, 4) is 17.2 Å². The van der Waals surface area contributed by atoms with E-state index in [0.29, 0.717) is 42.4 Å². The van der Waals surface area contributed by atoms with E-state index in [9.17, 15) is 4.79 Å². The maximum Gasteiger partial charge on any atom is 0.252 e. The Bertz CT molecular complexity index is 1030. The van der Waals surface area contributed by atoms with E-state index in [1.54, 1.807) is 38.0 Å². The van der Waals surface area contributed by atoms with Crippen LogP contribution in [0.2, 0.25) is 0 Å². The summed E-state index contributed by atoms with van der Waals surface area (Å²) in [5.74, 6) is 2.26. The first kappa shape index (κ1) is 20.4. The summed E-state index contributed by atoms with van der Waals surface area (Å²) >= 11 is 0. The van der Waals surface area contributed by atoms with E-state index in [1.165, 1.54) is 6.33 Å². The second-order valence-corrected chi connectivity index (χ2v) is 6.53. The molecule has 3 aromatic rings. The molecule has 1 amide bonds. The third-order valence-electron chi connectivity index (χ3n) is 4.85. The number of aromatic nitrogens is 4. The van der Waals surface area contributed by atoms with Crippen molar-refractivity contribution in [1.82, 2.24) is 24.9 Å². The molecule has 0 bridgehead atoms. The minimum atomic E-state index is -0.0701. The summed E-state index contributed by atoms with van der Waals surface area (Å²) in [4.78, 5) is 21.0. The number of aryl methyl sites for hydroxylation is 2. The minimum absolute atomic E-state index is 0.0701. The lowest BCUT2D eigenvalue weighted by Gasteiger charge is -2.15. The van der Waals surface area contributed by atoms with Gasteiger partial charge in [-0.2, -0.15) is 10.1 Å². The third-order valence-corrected chi connectivity index (χ3v) is 4.85. The second-order valence-electron chi connectivity index (χ2n) is 6.53. The van der Waals surface area contributed by atoms with E-state index in [2.05, 4.69) is 20.4 Å². The van der Waals surface area contributed by atoms with E-state index in [0.717, 1.165) is 22.5 Å². The molecule has 1 aromatic carbocycles. The summed E-state index contributed by atoms with van der Waals surface area (Å²) in [7, 11) is 4.71. The number of amides is 1. The Morgan fingerprint density at radius 1 is 1.07 bits per heavy atom. The Labute approximate surface area is 169 Å². The lowest BCUT2D eigenvalue weighted by Crippen LogP contribution is -2.23. The van der Waals surface area contributed by atoms with Crippen LogP contribution in [0.3, 0.4) is 0 Å². The van der Waals surface area contributed by atoms with Gasteiger partial charge in [0.2, 0.25) is 5.91 Å². The number of nitrogens with one attached hydrogen (secondary N) is 1. The first-order chi connectivity index (χ1) is 14.0. The Hall–Kier alpha value is -3.36. The molecule has 2 aromatic heterocycles. The molecule has 0 aliphatic rings. The predicted octanol–water partition coefficient (Wildman–Crippen LogP) is 2.02. The highest BCUT2D eigenvalue weighted by atomic mass is 16.5. The molecule has 0 atom stereocenters. The van der Waals surface area contributed by atoms with Crippen molar-refractivity contribution in [2.75, 3.05) is 21.3 Å². The van der Waals surface area contributed by atoms with Gasteiger partial charge < -0.3 is 19.5 Å². The smallest absolute Gasteiger partial charge is 0.252 e. The molecule has 1 N–H and O–H groups in total. The Balaban J connectivity index is 1.66. The number of methoxy groups -OCH3 is 3. The van der Waals surface area contributed by atoms with Gasteiger partial charge >= 0.3 is 0 Å². The zero-order chi connectivity index (χ0) is 21.0. The summed E-state index contributed by atoms with van der Waals surface area (Å²) < 4.78 is 17.7. The van der Waals surface area contributed by atoms with Crippen molar-refractivity contribution < 1.29 is 19.0 Å². The van der Waals surface area contributed by atoms with Gasteiger partial charge in [-0.1, -0.05) is 0 Å². The zero-order valence-corrected chi connectivity index (χ0v) is 17.3. The fourth-order valence-corrected chi connectivity index (χ4v) is 3.27. The SMILES string of the molecule is COc1cc(OC)c(OC)cc1CNC(=O)CCc1c(C)nc2ncnn2c1C. The number of fused-ring (bicyclic) bond motifs is 1. The zero-order valence-electron chi connectivity index (χ0n) is 17.3. The van der Waals surface area contributed by atoms with Crippen molar-refractivity contribution >= 4 is 11.7 Å². The average molecular weight is 399 g/mol. The largest absolute Gasteiger partial charge is 0.496 e. The number of ether oxygens (including phenoxy) is 3. The number of carbonyl (C=O) groups is 1. The van der Waals surface area contributed by atoms with Crippen LogP contribution in [-0.4, -0.2) is 46.8 Å². The monoisotopic (exact) mass is 399 g/mol. The van der Waals surface area contributed by atoms with Crippen molar-refractivity contribution in [2.24, 2.45) is 0 Å². The number of rotatable bonds is 8. The standard InChI is InChI=1S/C20H25N5O4/c1-12-15(13(2)25-20(24-12)22-11-23-25)6-7-19(26)21-10-14-8-17(28-4)18(29-5)9-16(14)27-3/h8-9,11H,6-7,10H2,1-5H3,(H,21,26). The summed E-state index contributed by atoms with van der Waals surface area (Å²) in [5, 5.41) is 7.11. The van der Waals surface area contributed by atoms with E-state index in [4.69, 9.17) is 14.2 Å². The quantitative estimate of drug-likeness (QED) is 0.618. The fourth-order valence-electron chi connectivity index (χ4n) is 3.27. The summed E-state index contributed by atoms with van der Waals surface area (Å²) in [5.41, 5.74) is 3.61. The number of hydrogen-bond acceptors (Lipinski definition) is 7. The maximum absolute atomic E-state index is 12.4. The Morgan fingerprint density at radius 2 is 1.76 bits per heavy atom. The second kappa shape index (κ2) is 8.76. The third kappa shape index (κ3) is 4.23. The molecule has 0 saturated carbocycles. The lowest BCUT2D eigenvalue weighted by atomic mass is 10.1. The number of nitrogens with zero attached hydrogens (tertiary/aromatic N) is 4. The molecule has 0 spiro atoms. The molecule has 0 unspecified atom stereocenters. The van der Waals surface area contributed by atoms with Crippen LogP contribution in [-0.2, 0) is 17.8 Å². The van der Waals surface area contributed by atoms with E-state index in [-0.39, 0.29) is 5.91 Å². The van der Waals surface area contributed by atoms with Gasteiger partial charge in [-0.3, -0.25) is 4.79 Å². The molecule has 2 heterocycles. The highest BCUT2D eigenvalue weighted by molar-refractivity contribution is 5.76. The normalized spacial score (nSPS) is 10.8. The molecule has 0 fully saturated rings. The molecule has 0 saturated heterocycles. The van der Waals surface area contributed by atoms with E-state index >= 15 is 0 Å². The van der Waals surface area contributed by atoms with Crippen LogP contribution in [0.15, 0.2) is 18.5 Å². The maximum atomic E-state index is 12.4. The van der Waals surface area contributed by atoms with Crippen molar-refractivity contribution in [3.05, 3.63) is 41.0 Å². The number of benzene rings is 1. The Kier molecular flexibility index (Phi) is 6.16. The van der Waals surface area contributed by atoms with Crippen molar-refractivity contribution in [3.63, 3.8) is 0 Å². The van der Waals surface area contributed by atoms with Gasteiger partial charge in [0.1, 0.15) is 12.1 Å². The summed E-state index contributed by atoms with van der Waals surface area (Å²) in [6.07, 6.45) is 2.37. The average Bonchev–Trinajstić information content (AvgIpc) is 3.19.